The van der Waals surface area contributed by atoms with Crippen LogP contribution in [-0.4, -0.2) is 0 Å². The van der Waals surface area contributed by atoms with Gasteiger partial charge in [-0.2, -0.15) is 5.26 Å². The molecule has 0 saturated heterocycles. The molecule has 2 N–H and O–H groups in total. The van der Waals surface area contributed by atoms with Gasteiger partial charge in [0.2, 0.25) is 0 Å². The van der Waals surface area contributed by atoms with Crippen molar-refractivity contribution >= 4 is 5.69 Å². The first-order valence-electron chi connectivity index (χ1n) is 3.42. The molecule has 0 amide bonds. The predicted octanol–water partition coefficient (Wildman–Crippen LogP) is 1.18. The first-order chi connectivity index (χ1) is 5.42. The van der Waals surface area contributed by atoms with Gasteiger partial charge in [-0.25, -0.2) is 5.43 Å². The Hall–Kier alpha value is -1.53. The van der Waals surface area contributed by atoms with Gasteiger partial charge in [-0.3, -0.25) is 0 Å². The van der Waals surface area contributed by atoms with Crippen molar-refractivity contribution in [3.05, 3.63) is 29.8 Å². The highest BCUT2D eigenvalue weighted by Gasteiger charge is 2.19. The largest absolute Gasteiger partial charge is 0.320 e. The highest BCUT2D eigenvalue weighted by molar-refractivity contribution is 5.57. The number of hydrazine groups is 1. The number of benzene rings is 1. The normalized spacial score (nSPS) is 20.1. The monoisotopic (exact) mass is 145 g/mol. The number of hydrogen-bond donors (Lipinski definition) is 2. The number of anilines is 1. The van der Waals surface area contributed by atoms with E-state index in [-0.39, 0.29) is 6.04 Å². The summed E-state index contributed by atoms with van der Waals surface area (Å²) in [6.07, 6.45) is 0. The average Bonchev–Trinajstić information content (AvgIpc) is 2.47. The van der Waals surface area contributed by atoms with Gasteiger partial charge in [0.25, 0.3) is 0 Å². The molecule has 1 aliphatic rings. The third kappa shape index (κ3) is 0.846. The van der Waals surface area contributed by atoms with E-state index in [2.05, 4.69) is 16.9 Å². The van der Waals surface area contributed by atoms with Gasteiger partial charge in [-0.1, -0.05) is 18.2 Å². The highest BCUT2D eigenvalue weighted by atomic mass is 15.4. The summed E-state index contributed by atoms with van der Waals surface area (Å²) in [5, 5.41) is 8.66. The maximum Gasteiger partial charge on any atom is 0.140 e. The van der Waals surface area contributed by atoms with Crippen molar-refractivity contribution < 1.29 is 0 Å². The first-order valence-corrected chi connectivity index (χ1v) is 3.42. The van der Waals surface area contributed by atoms with Crippen LogP contribution in [0.1, 0.15) is 11.6 Å². The van der Waals surface area contributed by atoms with Gasteiger partial charge >= 0.3 is 0 Å². The van der Waals surface area contributed by atoms with Crippen LogP contribution in [0, 0.1) is 11.3 Å². The molecule has 1 aliphatic heterocycles. The third-order valence-electron chi connectivity index (χ3n) is 1.75. The number of hydrogen-bond acceptors (Lipinski definition) is 3. The molecule has 3 nitrogen and oxygen atoms in total. The number of nitriles is 1. The molecule has 0 aromatic heterocycles. The molecular weight excluding hydrogens is 138 g/mol. The minimum Gasteiger partial charge on any atom is -0.320 e. The fourth-order valence-corrected chi connectivity index (χ4v) is 1.19. The molecule has 0 bridgehead atoms. The highest BCUT2D eigenvalue weighted by Crippen LogP contribution is 2.26. The molecule has 1 atom stereocenters. The minimum absolute atomic E-state index is 0.203. The Bertz CT molecular complexity index is 313. The van der Waals surface area contributed by atoms with Crippen LogP contribution in [0.2, 0.25) is 0 Å². The van der Waals surface area contributed by atoms with Crippen LogP contribution >= 0.6 is 0 Å². The quantitative estimate of drug-likeness (QED) is 0.576. The summed E-state index contributed by atoms with van der Waals surface area (Å²) in [5.74, 6) is 0. The molecular formula is C8H7N3. The van der Waals surface area contributed by atoms with E-state index in [4.69, 9.17) is 5.26 Å². The predicted molar refractivity (Wildman–Crippen MR) is 41.6 cm³/mol. The van der Waals surface area contributed by atoms with Gasteiger partial charge in [0.15, 0.2) is 0 Å². The zero-order valence-corrected chi connectivity index (χ0v) is 5.83. The fraction of sp³-hybridized carbons (Fsp3) is 0.125. The van der Waals surface area contributed by atoms with Gasteiger partial charge < -0.3 is 5.43 Å². The van der Waals surface area contributed by atoms with E-state index in [1.807, 2.05) is 24.3 Å². The summed E-state index contributed by atoms with van der Waals surface area (Å²) >= 11 is 0. The molecule has 1 aromatic carbocycles. The van der Waals surface area contributed by atoms with E-state index in [1.54, 1.807) is 0 Å². The zero-order chi connectivity index (χ0) is 7.68. The van der Waals surface area contributed by atoms with E-state index in [0.29, 0.717) is 0 Å². The number of nitrogens with zero attached hydrogens (tertiary/aromatic N) is 1. The molecule has 0 saturated carbocycles. The Labute approximate surface area is 64.6 Å². The molecule has 1 heterocycles. The lowest BCUT2D eigenvalue weighted by molar-refractivity contribution is 0.766. The molecule has 1 aromatic rings. The Morgan fingerprint density at radius 1 is 1.36 bits per heavy atom. The summed E-state index contributed by atoms with van der Waals surface area (Å²) in [6.45, 7) is 0. The molecule has 11 heavy (non-hydrogen) atoms. The van der Waals surface area contributed by atoms with Crippen LogP contribution in [0.25, 0.3) is 0 Å². The Balaban J connectivity index is 2.49. The Morgan fingerprint density at radius 2 is 2.18 bits per heavy atom. The van der Waals surface area contributed by atoms with E-state index >= 15 is 0 Å². The van der Waals surface area contributed by atoms with E-state index in [9.17, 15) is 0 Å². The topological polar surface area (TPSA) is 47.9 Å². The number of nitrogens with one attached hydrogen (secondary N) is 2. The number of rotatable bonds is 0. The van der Waals surface area contributed by atoms with Crippen molar-refractivity contribution in [3.8, 4) is 6.07 Å². The molecule has 54 valence electrons. The molecule has 2 rings (SSSR count). The van der Waals surface area contributed by atoms with Crippen LogP contribution in [0.15, 0.2) is 24.3 Å². The lowest BCUT2D eigenvalue weighted by Crippen LogP contribution is -2.16. The summed E-state index contributed by atoms with van der Waals surface area (Å²) in [7, 11) is 0. The van der Waals surface area contributed by atoms with Crippen molar-refractivity contribution in [2.45, 2.75) is 6.04 Å². The first kappa shape index (κ1) is 6.20. The van der Waals surface area contributed by atoms with E-state index in [1.165, 1.54) is 0 Å². The summed E-state index contributed by atoms with van der Waals surface area (Å²) in [4.78, 5) is 0. The molecule has 0 spiro atoms. The standard InChI is InChI=1S/C8H7N3/c9-5-8-6-3-1-2-4-7(6)10-11-8/h1-4,8,10-11H. The van der Waals surface area contributed by atoms with Gasteiger partial charge in [0, 0.05) is 5.56 Å². The molecule has 1 unspecified atom stereocenters. The van der Waals surface area contributed by atoms with Gasteiger partial charge in [-0.05, 0) is 6.07 Å². The van der Waals surface area contributed by atoms with E-state index < -0.39 is 0 Å². The maximum absolute atomic E-state index is 8.66. The second kappa shape index (κ2) is 2.26. The van der Waals surface area contributed by atoms with Crippen LogP contribution in [0.3, 0.4) is 0 Å². The smallest absolute Gasteiger partial charge is 0.140 e. The summed E-state index contributed by atoms with van der Waals surface area (Å²) in [5.41, 5.74) is 7.81. The van der Waals surface area contributed by atoms with Crippen LogP contribution in [-0.2, 0) is 0 Å². The summed E-state index contributed by atoms with van der Waals surface area (Å²) in [6, 6.07) is 9.69. The van der Waals surface area contributed by atoms with Gasteiger partial charge in [0.1, 0.15) is 6.04 Å². The number of para-hydroxylation sites is 1. The second-order valence-corrected chi connectivity index (χ2v) is 2.42. The minimum atomic E-state index is -0.203. The van der Waals surface area contributed by atoms with Crippen LogP contribution in [0.5, 0.6) is 0 Å². The Morgan fingerprint density at radius 3 is 3.00 bits per heavy atom. The molecule has 0 fully saturated rings. The molecule has 3 heteroatoms. The maximum atomic E-state index is 8.66. The average molecular weight is 145 g/mol. The fourth-order valence-electron chi connectivity index (χ4n) is 1.19. The summed E-state index contributed by atoms with van der Waals surface area (Å²) < 4.78 is 0. The van der Waals surface area contributed by atoms with E-state index in [0.717, 1.165) is 11.3 Å². The van der Waals surface area contributed by atoms with Crippen molar-refractivity contribution in [2.24, 2.45) is 0 Å². The second-order valence-electron chi connectivity index (χ2n) is 2.42. The van der Waals surface area contributed by atoms with Crippen LogP contribution < -0.4 is 10.9 Å². The third-order valence-corrected chi connectivity index (χ3v) is 1.75. The lowest BCUT2D eigenvalue weighted by Gasteiger charge is -1.96. The van der Waals surface area contributed by atoms with Gasteiger partial charge in [0.05, 0.1) is 11.8 Å². The van der Waals surface area contributed by atoms with Crippen molar-refractivity contribution in [2.75, 3.05) is 5.43 Å². The molecule has 0 radical (unpaired) electrons. The zero-order valence-electron chi connectivity index (χ0n) is 5.83. The van der Waals surface area contributed by atoms with Crippen LogP contribution in [0.4, 0.5) is 5.69 Å². The van der Waals surface area contributed by atoms with Crippen molar-refractivity contribution in [1.82, 2.24) is 5.43 Å². The van der Waals surface area contributed by atoms with Gasteiger partial charge in [-0.15, -0.1) is 0 Å². The number of fused-ring (bicyclic) bond motifs is 1. The van der Waals surface area contributed by atoms with Crippen molar-refractivity contribution in [1.29, 1.82) is 5.26 Å². The Kier molecular flexibility index (Phi) is 1.27. The van der Waals surface area contributed by atoms with Crippen molar-refractivity contribution in [3.63, 3.8) is 0 Å². The SMILES string of the molecule is N#CC1NNc2ccccc21. The molecule has 0 aliphatic carbocycles. The lowest BCUT2D eigenvalue weighted by atomic mass is 10.1.